The minimum atomic E-state index is -0.0200. The largest absolute Gasteiger partial charge is 0.454 e. The molecule has 0 saturated carbocycles. The van der Waals surface area contributed by atoms with Gasteiger partial charge in [-0.05, 0) is 28.1 Å². The summed E-state index contributed by atoms with van der Waals surface area (Å²) in [5.41, 5.74) is 0.608. The van der Waals surface area contributed by atoms with Gasteiger partial charge in [-0.25, -0.2) is 0 Å². The molecule has 0 radical (unpaired) electrons. The van der Waals surface area contributed by atoms with Crippen molar-refractivity contribution in [3.05, 3.63) is 28.4 Å². The minimum absolute atomic E-state index is 0.0200. The van der Waals surface area contributed by atoms with Crippen molar-refractivity contribution in [2.45, 2.75) is 0 Å². The molecular formula is C11H6BrN3O2. The predicted octanol–water partition coefficient (Wildman–Crippen LogP) is 2.52. The summed E-state index contributed by atoms with van der Waals surface area (Å²) in [7, 11) is 0. The first-order valence-electron chi connectivity index (χ1n) is 4.61. The number of allylic oxidation sites excluding steroid dienone is 1. The minimum Gasteiger partial charge on any atom is -0.454 e. The second-order valence-corrected chi connectivity index (χ2v) is 3.94. The molecule has 1 aliphatic heterocycles. The van der Waals surface area contributed by atoms with Crippen molar-refractivity contribution >= 4 is 21.6 Å². The Balaban J connectivity index is 2.35. The van der Waals surface area contributed by atoms with Crippen molar-refractivity contribution in [2.75, 3.05) is 12.1 Å². The van der Waals surface area contributed by atoms with Gasteiger partial charge in [0.15, 0.2) is 11.5 Å². The van der Waals surface area contributed by atoms with Crippen LogP contribution in [-0.2, 0) is 0 Å². The highest BCUT2D eigenvalue weighted by Gasteiger charge is 2.19. The molecule has 0 aliphatic carbocycles. The first-order chi connectivity index (χ1) is 8.26. The molecule has 1 heterocycles. The van der Waals surface area contributed by atoms with E-state index in [1.807, 2.05) is 0 Å². The third kappa shape index (κ3) is 2.17. The number of benzene rings is 1. The maximum Gasteiger partial charge on any atom is 0.231 e. The molecule has 17 heavy (non-hydrogen) atoms. The molecule has 0 atom stereocenters. The van der Waals surface area contributed by atoms with E-state index in [2.05, 4.69) is 21.2 Å². The fraction of sp³-hybridized carbons (Fsp3) is 0.0909. The zero-order chi connectivity index (χ0) is 12.3. The Kier molecular flexibility index (Phi) is 3.17. The fourth-order valence-corrected chi connectivity index (χ4v) is 1.74. The Morgan fingerprint density at radius 2 is 2.12 bits per heavy atom. The van der Waals surface area contributed by atoms with Crippen LogP contribution < -0.4 is 14.8 Å². The van der Waals surface area contributed by atoms with Crippen molar-refractivity contribution < 1.29 is 9.47 Å². The molecule has 0 fully saturated rings. The van der Waals surface area contributed by atoms with Crippen molar-refractivity contribution in [3.8, 4) is 23.6 Å². The van der Waals surface area contributed by atoms with Crippen molar-refractivity contribution in [1.29, 1.82) is 10.5 Å². The summed E-state index contributed by atoms with van der Waals surface area (Å²) >= 11 is 3.35. The molecule has 5 nitrogen and oxygen atoms in total. The van der Waals surface area contributed by atoms with E-state index in [4.69, 9.17) is 20.0 Å². The molecule has 0 saturated heterocycles. The zero-order valence-corrected chi connectivity index (χ0v) is 10.1. The van der Waals surface area contributed by atoms with Crippen LogP contribution in [0.2, 0.25) is 0 Å². The molecule has 0 aromatic heterocycles. The van der Waals surface area contributed by atoms with Crippen molar-refractivity contribution in [2.24, 2.45) is 0 Å². The summed E-state index contributed by atoms with van der Waals surface area (Å²) in [4.78, 5) is 0. The summed E-state index contributed by atoms with van der Waals surface area (Å²) in [5.74, 6) is 1.19. The van der Waals surface area contributed by atoms with Gasteiger partial charge in [0.05, 0.1) is 5.69 Å². The Bertz CT molecular complexity index is 553. The zero-order valence-electron chi connectivity index (χ0n) is 8.53. The van der Waals surface area contributed by atoms with Crippen molar-refractivity contribution in [3.63, 3.8) is 0 Å². The van der Waals surface area contributed by atoms with Gasteiger partial charge in [-0.15, -0.1) is 0 Å². The van der Waals surface area contributed by atoms with Crippen LogP contribution in [0.1, 0.15) is 0 Å². The lowest BCUT2D eigenvalue weighted by Gasteiger charge is -2.07. The first kappa shape index (κ1) is 11.3. The first-order valence-corrected chi connectivity index (χ1v) is 5.40. The summed E-state index contributed by atoms with van der Waals surface area (Å²) in [6.45, 7) is 0.160. The molecule has 6 heteroatoms. The number of halogens is 1. The summed E-state index contributed by atoms with van der Waals surface area (Å²) < 4.78 is 11.3. The highest BCUT2D eigenvalue weighted by Crippen LogP contribution is 2.43. The van der Waals surface area contributed by atoms with Crippen LogP contribution in [-0.4, -0.2) is 6.79 Å². The molecule has 0 bridgehead atoms. The SMILES string of the molecule is N#CC(C#N)=CNc1c(Br)ccc2c1OCO2. The van der Waals surface area contributed by atoms with Gasteiger partial charge in [0, 0.05) is 10.7 Å². The molecule has 1 aliphatic rings. The van der Waals surface area contributed by atoms with Crippen LogP contribution in [0.5, 0.6) is 11.5 Å². The lowest BCUT2D eigenvalue weighted by molar-refractivity contribution is 0.174. The van der Waals surface area contributed by atoms with Gasteiger partial charge in [-0.2, -0.15) is 10.5 Å². The Labute approximate surface area is 106 Å². The predicted molar refractivity (Wildman–Crippen MR) is 63.2 cm³/mol. The number of nitrogens with one attached hydrogen (secondary N) is 1. The molecule has 1 aromatic rings. The molecule has 1 aromatic carbocycles. The second kappa shape index (κ2) is 4.77. The van der Waals surface area contributed by atoms with Crippen LogP contribution in [0, 0.1) is 22.7 Å². The monoisotopic (exact) mass is 291 g/mol. The quantitative estimate of drug-likeness (QED) is 0.847. The molecule has 1 N–H and O–H groups in total. The number of fused-ring (bicyclic) bond motifs is 1. The number of rotatable bonds is 2. The van der Waals surface area contributed by atoms with E-state index in [-0.39, 0.29) is 12.4 Å². The maximum atomic E-state index is 8.62. The van der Waals surface area contributed by atoms with Gasteiger partial charge in [0.1, 0.15) is 17.7 Å². The summed E-state index contributed by atoms with van der Waals surface area (Å²) in [6, 6.07) is 7.09. The van der Waals surface area contributed by atoms with Crippen LogP contribution in [0.4, 0.5) is 5.69 Å². The van der Waals surface area contributed by atoms with Gasteiger partial charge in [0.2, 0.25) is 6.79 Å². The Morgan fingerprint density at radius 3 is 2.82 bits per heavy atom. The fourth-order valence-electron chi connectivity index (χ4n) is 1.32. The van der Waals surface area contributed by atoms with Crippen LogP contribution in [0.15, 0.2) is 28.4 Å². The van der Waals surface area contributed by atoms with E-state index in [0.29, 0.717) is 17.2 Å². The standard InChI is InChI=1S/C11H6BrN3O2/c12-8-1-2-9-11(17-6-16-9)10(8)15-5-7(3-13)4-14/h1-2,5,15H,6H2. The maximum absolute atomic E-state index is 8.62. The van der Waals surface area contributed by atoms with E-state index in [9.17, 15) is 0 Å². The number of nitriles is 2. The average molecular weight is 292 g/mol. The second-order valence-electron chi connectivity index (χ2n) is 3.08. The van der Waals surface area contributed by atoms with Gasteiger partial charge in [0.25, 0.3) is 0 Å². The normalized spacial score (nSPS) is 11.2. The highest BCUT2D eigenvalue weighted by atomic mass is 79.9. The molecule has 2 rings (SSSR count). The Hall–Kier alpha value is -2.18. The van der Waals surface area contributed by atoms with E-state index in [0.717, 1.165) is 4.47 Å². The Morgan fingerprint density at radius 1 is 1.35 bits per heavy atom. The third-order valence-corrected chi connectivity index (χ3v) is 2.75. The molecule has 84 valence electrons. The smallest absolute Gasteiger partial charge is 0.231 e. The number of ether oxygens (including phenoxy) is 2. The van der Waals surface area contributed by atoms with Gasteiger partial charge in [-0.1, -0.05) is 0 Å². The molecular weight excluding hydrogens is 286 g/mol. The van der Waals surface area contributed by atoms with Crippen LogP contribution >= 0.6 is 15.9 Å². The molecule has 0 spiro atoms. The van der Waals surface area contributed by atoms with Crippen LogP contribution in [0.25, 0.3) is 0 Å². The lowest BCUT2D eigenvalue weighted by atomic mass is 10.2. The van der Waals surface area contributed by atoms with Gasteiger partial charge in [-0.3, -0.25) is 0 Å². The third-order valence-electron chi connectivity index (χ3n) is 2.09. The van der Waals surface area contributed by atoms with Gasteiger partial charge < -0.3 is 14.8 Å². The number of anilines is 1. The number of nitrogens with zero attached hydrogens (tertiary/aromatic N) is 2. The molecule has 0 unspecified atom stereocenters. The summed E-state index contributed by atoms with van der Waals surface area (Å²) in [5, 5.41) is 20.1. The van der Waals surface area contributed by atoms with E-state index >= 15 is 0 Å². The molecule has 0 amide bonds. The van der Waals surface area contributed by atoms with E-state index in [1.54, 1.807) is 24.3 Å². The highest BCUT2D eigenvalue weighted by molar-refractivity contribution is 9.10. The summed E-state index contributed by atoms with van der Waals surface area (Å²) in [6.07, 6.45) is 1.32. The van der Waals surface area contributed by atoms with Crippen molar-refractivity contribution in [1.82, 2.24) is 0 Å². The number of hydrogen-bond acceptors (Lipinski definition) is 5. The topological polar surface area (TPSA) is 78.1 Å². The number of hydrogen-bond donors (Lipinski definition) is 1. The average Bonchev–Trinajstić information content (AvgIpc) is 2.81. The van der Waals surface area contributed by atoms with E-state index < -0.39 is 0 Å². The van der Waals surface area contributed by atoms with E-state index in [1.165, 1.54) is 6.20 Å². The lowest BCUT2D eigenvalue weighted by Crippen LogP contribution is -1.96. The van der Waals surface area contributed by atoms with Crippen LogP contribution in [0.3, 0.4) is 0 Å². The van der Waals surface area contributed by atoms with Gasteiger partial charge >= 0.3 is 0 Å².